The molecule has 1 atom stereocenters. The van der Waals surface area contributed by atoms with Crippen molar-refractivity contribution in [2.75, 3.05) is 6.54 Å². The Morgan fingerprint density at radius 2 is 2.29 bits per heavy atom. The predicted octanol–water partition coefficient (Wildman–Crippen LogP) is 1.28. The number of ether oxygens (including phenoxy) is 1. The zero-order valence-corrected chi connectivity index (χ0v) is 11.9. The van der Waals surface area contributed by atoms with Gasteiger partial charge < -0.3 is 15.0 Å². The number of hydrogen-bond acceptors (Lipinski definition) is 4. The second-order valence-corrected chi connectivity index (χ2v) is 4.74. The Hall–Kier alpha value is -2.63. The van der Waals surface area contributed by atoms with Crippen molar-refractivity contribution in [3.63, 3.8) is 0 Å². The molecule has 6 heteroatoms. The van der Waals surface area contributed by atoms with E-state index in [4.69, 9.17) is 4.74 Å². The summed E-state index contributed by atoms with van der Waals surface area (Å²) in [5.41, 5.74) is 0.692. The molecule has 0 aliphatic rings. The average molecular weight is 287 g/mol. The summed E-state index contributed by atoms with van der Waals surface area (Å²) in [5.74, 6) is 0.345. The van der Waals surface area contributed by atoms with Gasteiger partial charge in [0.05, 0.1) is 12.7 Å². The van der Waals surface area contributed by atoms with Crippen molar-refractivity contribution in [3.05, 3.63) is 58.3 Å². The minimum absolute atomic E-state index is 0.207. The lowest BCUT2D eigenvalue weighted by atomic mass is 10.2. The predicted molar refractivity (Wildman–Crippen MR) is 78.5 cm³/mol. The molecule has 0 saturated carbocycles. The van der Waals surface area contributed by atoms with Gasteiger partial charge in [-0.05, 0) is 32.0 Å². The van der Waals surface area contributed by atoms with E-state index in [0.29, 0.717) is 23.6 Å². The summed E-state index contributed by atoms with van der Waals surface area (Å²) in [6.07, 6.45) is 3.06. The van der Waals surface area contributed by atoms with Gasteiger partial charge in [0, 0.05) is 23.5 Å². The Balaban J connectivity index is 1.90. The molecule has 0 fully saturated rings. The molecule has 2 N–H and O–H groups in total. The molecule has 0 spiro atoms. The molecule has 0 bridgehead atoms. The Morgan fingerprint density at radius 3 is 2.95 bits per heavy atom. The van der Waals surface area contributed by atoms with Crippen LogP contribution in [0.2, 0.25) is 0 Å². The van der Waals surface area contributed by atoms with Gasteiger partial charge in [0.1, 0.15) is 11.9 Å². The Kier molecular flexibility index (Phi) is 4.71. The van der Waals surface area contributed by atoms with E-state index in [1.165, 1.54) is 6.07 Å². The van der Waals surface area contributed by atoms with Gasteiger partial charge in [0.15, 0.2) is 0 Å². The lowest BCUT2D eigenvalue weighted by molar-refractivity contribution is 0.0932. The third kappa shape index (κ3) is 4.45. The largest absolute Gasteiger partial charge is 0.487 e. The maximum absolute atomic E-state index is 12.0. The number of aryl methyl sites for hydroxylation is 1. The molecule has 0 aromatic carbocycles. The molecule has 0 aliphatic heterocycles. The maximum Gasteiger partial charge on any atom is 0.251 e. The maximum atomic E-state index is 12.0. The molecule has 2 aromatic heterocycles. The van der Waals surface area contributed by atoms with E-state index in [9.17, 15) is 9.59 Å². The molecule has 2 heterocycles. The number of nitrogens with one attached hydrogen (secondary N) is 2. The van der Waals surface area contributed by atoms with Gasteiger partial charge in [0.25, 0.3) is 5.91 Å². The summed E-state index contributed by atoms with van der Waals surface area (Å²) >= 11 is 0. The lowest BCUT2D eigenvalue weighted by Crippen LogP contribution is -2.34. The SMILES string of the molecule is Cc1cc(C(=O)NC[C@@H](C)Oc2cccnc2)cc(=O)[nH]1. The Labute approximate surface area is 122 Å². The van der Waals surface area contributed by atoms with E-state index < -0.39 is 0 Å². The van der Waals surface area contributed by atoms with E-state index in [1.54, 1.807) is 37.5 Å². The van der Waals surface area contributed by atoms with Crippen molar-refractivity contribution in [3.8, 4) is 5.75 Å². The van der Waals surface area contributed by atoms with Crippen LogP contribution in [0.15, 0.2) is 41.5 Å². The zero-order chi connectivity index (χ0) is 15.2. The van der Waals surface area contributed by atoms with Crippen LogP contribution >= 0.6 is 0 Å². The average Bonchev–Trinajstić information content (AvgIpc) is 2.45. The van der Waals surface area contributed by atoms with Crippen molar-refractivity contribution >= 4 is 5.91 Å². The lowest BCUT2D eigenvalue weighted by Gasteiger charge is -2.15. The van der Waals surface area contributed by atoms with Crippen LogP contribution in [0.3, 0.4) is 0 Å². The second-order valence-electron chi connectivity index (χ2n) is 4.74. The summed E-state index contributed by atoms with van der Waals surface area (Å²) in [5, 5.41) is 2.74. The van der Waals surface area contributed by atoms with Gasteiger partial charge in [-0.25, -0.2) is 0 Å². The number of pyridine rings is 2. The van der Waals surface area contributed by atoms with Crippen molar-refractivity contribution < 1.29 is 9.53 Å². The number of nitrogens with zero attached hydrogens (tertiary/aromatic N) is 1. The molecule has 2 rings (SSSR count). The zero-order valence-electron chi connectivity index (χ0n) is 11.9. The first kappa shape index (κ1) is 14.8. The molecule has 21 heavy (non-hydrogen) atoms. The topological polar surface area (TPSA) is 84.1 Å². The standard InChI is InChI=1S/C15H17N3O3/c1-10-6-12(7-14(19)18-10)15(20)17-8-11(2)21-13-4-3-5-16-9-13/h3-7,9,11H,8H2,1-2H3,(H,17,20)(H,18,19)/t11-/m1/s1. The summed E-state index contributed by atoms with van der Waals surface area (Å²) < 4.78 is 5.60. The van der Waals surface area contributed by atoms with E-state index >= 15 is 0 Å². The van der Waals surface area contributed by atoms with Crippen LogP contribution in [-0.2, 0) is 0 Å². The first-order chi connectivity index (χ1) is 10.0. The highest BCUT2D eigenvalue weighted by Gasteiger charge is 2.10. The van der Waals surface area contributed by atoms with Crippen LogP contribution in [0.25, 0.3) is 0 Å². The summed E-state index contributed by atoms with van der Waals surface area (Å²) in [6.45, 7) is 3.90. The summed E-state index contributed by atoms with van der Waals surface area (Å²) in [7, 11) is 0. The molecule has 2 aromatic rings. The van der Waals surface area contributed by atoms with Gasteiger partial charge in [-0.3, -0.25) is 14.6 Å². The first-order valence-corrected chi connectivity index (χ1v) is 6.60. The third-order valence-electron chi connectivity index (χ3n) is 2.76. The second kappa shape index (κ2) is 6.69. The van der Waals surface area contributed by atoms with Gasteiger partial charge in [-0.1, -0.05) is 0 Å². The molecule has 1 amide bonds. The fraction of sp³-hybridized carbons (Fsp3) is 0.267. The highest BCUT2D eigenvalue weighted by molar-refractivity contribution is 5.94. The first-order valence-electron chi connectivity index (χ1n) is 6.60. The van der Waals surface area contributed by atoms with Crippen molar-refractivity contribution in [1.82, 2.24) is 15.3 Å². The number of carbonyl (C=O) groups excluding carboxylic acids is 1. The van der Waals surface area contributed by atoms with Crippen LogP contribution in [0.4, 0.5) is 0 Å². The molecule has 0 saturated heterocycles. The van der Waals surface area contributed by atoms with Crippen LogP contribution in [-0.4, -0.2) is 28.5 Å². The molecule has 0 aliphatic carbocycles. The summed E-state index contributed by atoms with van der Waals surface area (Å²) in [6, 6.07) is 6.48. The van der Waals surface area contributed by atoms with E-state index in [2.05, 4.69) is 15.3 Å². The normalized spacial score (nSPS) is 11.7. The number of aromatic amines is 1. The molecule has 110 valence electrons. The molecular weight excluding hydrogens is 270 g/mol. The quantitative estimate of drug-likeness (QED) is 0.867. The van der Waals surface area contributed by atoms with E-state index in [1.807, 2.05) is 6.92 Å². The van der Waals surface area contributed by atoms with Crippen LogP contribution in [0.1, 0.15) is 23.0 Å². The van der Waals surface area contributed by atoms with Crippen molar-refractivity contribution in [1.29, 1.82) is 0 Å². The number of aromatic nitrogens is 2. The number of hydrogen-bond donors (Lipinski definition) is 2. The third-order valence-corrected chi connectivity index (χ3v) is 2.76. The van der Waals surface area contributed by atoms with Crippen LogP contribution in [0, 0.1) is 6.92 Å². The number of rotatable bonds is 5. The molecule has 0 unspecified atom stereocenters. The number of H-pyrrole nitrogens is 1. The molecule has 0 radical (unpaired) electrons. The fourth-order valence-corrected chi connectivity index (χ4v) is 1.84. The van der Waals surface area contributed by atoms with E-state index in [0.717, 1.165) is 0 Å². The summed E-state index contributed by atoms with van der Waals surface area (Å²) in [4.78, 5) is 29.8. The van der Waals surface area contributed by atoms with Gasteiger partial charge >= 0.3 is 0 Å². The van der Waals surface area contributed by atoms with Crippen LogP contribution < -0.4 is 15.6 Å². The van der Waals surface area contributed by atoms with Gasteiger partial charge in [0.2, 0.25) is 5.56 Å². The number of carbonyl (C=O) groups is 1. The highest BCUT2D eigenvalue weighted by atomic mass is 16.5. The molecule has 6 nitrogen and oxygen atoms in total. The van der Waals surface area contributed by atoms with Crippen LogP contribution in [0.5, 0.6) is 5.75 Å². The van der Waals surface area contributed by atoms with Gasteiger partial charge in [-0.2, -0.15) is 0 Å². The van der Waals surface area contributed by atoms with Crippen molar-refractivity contribution in [2.45, 2.75) is 20.0 Å². The smallest absolute Gasteiger partial charge is 0.251 e. The fourth-order valence-electron chi connectivity index (χ4n) is 1.84. The Bertz CT molecular complexity index is 667. The highest BCUT2D eigenvalue weighted by Crippen LogP contribution is 2.08. The monoisotopic (exact) mass is 287 g/mol. The number of amides is 1. The Morgan fingerprint density at radius 1 is 1.48 bits per heavy atom. The van der Waals surface area contributed by atoms with Gasteiger partial charge in [-0.15, -0.1) is 0 Å². The minimum Gasteiger partial charge on any atom is -0.487 e. The molecular formula is C15H17N3O3. The minimum atomic E-state index is -0.300. The van der Waals surface area contributed by atoms with Crippen molar-refractivity contribution in [2.24, 2.45) is 0 Å². The van der Waals surface area contributed by atoms with E-state index in [-0.39, 0.29) is 17.6 Å².